The molecule has 0 aromatic rings. The van der Waals surface area contributed by atoms with Crippen LogP contribution in [0.5, 0.6) is 0 Å². The molecule has 1 aliphatic rings. The summed E-state index contributed by atoms with van der Waals surface area (Å²) in [6.07, 6.45) is 0.456. The third-order valence-electron chi connectivity index (χ3n) is 2.50. The molecular weight excluding hydrogens is 216 g/mol. The predicted octanol–water partition coefficient (Wildman–Crippen LogP) is -0.583. The van der Waals surface area contributed by atoms with Gasteiger partial charge < -0.3 is 11.1 Å². The fraction of sp³-hybridized carbons (Fsp3) is 0.889. The Morgan fingerprint density at radius 3 is 2.33 bits per heavy atom. The third kappa shape index (κ3) is 3.17. The maximum absolute atomic E-state index is 11.6. The van der Waals surface area contributed by atoms with E-state index >= 15 is 0 Å². The quantitative estimate of drug-likeness (QED) is 0.669. The van der Waals surface area contributed by atoms with Gasteiger partial charge in [0, 0.05) is 0 Å². The summed E-state index contributed by atoms with van der Waals surface area (Å²) < 4.78 is 22.6. The first-order valence-electron chi connectivity index (χ1n) is 4.86. The fourth-order valence-electron chi connectivity index (χ4n) is 1.54. The molecule has 1 saturated heterocycles. The van der Waals surface area contributed by atoms with E-state index in [1.807, 2.05) is 0 Å². The highest BCUT2D eigenvalue weighted by Crippen LogP contribution is 2.23. The Balaban J connectivity index is 2.72. The summed E-state index contributed by atoms with van der Waals surface area (Å²) in [5.74, 6) is -0.182. The molecule has 0 saturated carbocycles. The van der Waals surface area contributed by atoms with Gasteiger partial charge in [-0.15, -0.1) is 0 Å². The maximum atomic E-state index is 11.6. The maximum Gasteiger partial charge on any atom is 0.239 e. The van der Waals surface area contributed by atoms with Crippen LogP contribution in [-0.4, -0.2) is 36.9 Å². The van der Waals surface area contributed by atoms with Crippen LogP contribution in [-0.2, 0) is 14.6 Å². The molecule has 0 aliphatic carbocycles. The van der Waals surface area contributed by atoms with Gasteiger partial charge in [0.2, 0.25) is 5.91 Å². The lowest BCUT2D eigenvalue weighted by Crippen LogP contribution is -2.57. The monoisotopic (exact) mass is 234 g/mol. The second-order valence-corrected chi connectivity index (χ2v) is 7.26. The van der Waals surface area contributed by atoms with E-state index in [2.05, 4.69) is 5.32 Å². The van der Waals surface area contributed by atoms with Crippen LogP contribution in [0.2, 0.25) is 0 Å². The average molecular weight is 234 g/mol. The van der Waals surface area contributed by atoms with Gasteiger partial charge in [-0.1, -0.05) is 0 Å². The van der Waals surface area contributed by atoms with Crippen molar-refractivity contribution >= 4 is 15.7 Å². The molecule has 1 atom stereocenters. The molecule has 6 heteroatoms. The zero-order valence-electron chi connectivity index (χ0n) is 9.33. The topological polar surface area (TPSA) is 89.3 Å². The highest BCUT2D eigenvalue weighted by molar-refractivity contribution is 7.91. The number of nitrogens with one attached hydrogen (secondary N) is 1. The van der Waals surface area contributed by atoms with Crippen LogP contribution in [0.3, 0.4) is 0 Å². The Kier molecular flexibility index (Phi) is 2.86. The molecule has 15 heavy (non-hydrogen) atoms. The molecule has 1 aliphatic heterocycles. The Morgan fingerprint density at radius 2 is 2.00 bits per heavy atom. The molecule has 5 nitrogen and oxygen atoms in total. The van der Waals surface area contributed by atoms with Gasteiger partial charge in [0.25, 0.3) is 0 Å². The molecule has 3 N–H and O–H groups in total. The largest absolute Gasteiger partial charge is 0.348 e. The minimum Gasteiger partial charge on any atom is -0.348 e. The summed E-state index contributed by atoms with van der Waals surface area (Å²) in [7, 11) is -3.00. The smallest absolute Gasteiger partial charge is 0.239 e. The highest BCUT2D eigenvalue weighted by Gasteiger charge is 2.41. The predicted molar refractivity (Wildman–Crippen MR) is 58.1 cm³/mol. The molecule has 1 amide bonds. The minimum absolute atomic E-state index is 0.00181. The SMILES string of the molecule is CC1(NC(=O)C(C)(C)N)CCS(=O)(=O)C1. The molecule has 0 aromatic heterocycles. The Labute approximate surface area is 90.3 Å². The van der Waals surface area contributed by atoms with Gasteiger partial charge in [-0.3, -0.25) is 4.79 Å². The normalized spacial score (nSPS) is 30.1. The molecule has 0 radical (unpaired) electrons. The Hall–Kier alpha value is -0.620. The summed E-state index contributed by atoms with van der Waals surface area (Å²) in [6.45, 7) is 4.92. The first-order chi connectivity index (χ1) is 6.54. The lowest BCUT2D eigenvalue weighted by molar-refractivity contribution is -0.126. The van der Waals surface area contributed by atoms with Gasteiger partial charge in [0.05, 0.1) is 22.6 Å². The van der Waals surface area contributed by atoms with Gasteiger partial charge in [-0.05, 0) is 27.2 Å². The summed E-state index contributed by atoms with van der Waals surface area (Å²) in [4.78, 5) is 11.6. The summed E-state index contributed by atoms with van der Waals surface area (Å²) in [5, 5.41) is 2.71. The van der Waals surface area contributed by atoms with Crippen molar-refractivity contribution in [3.8, 4) is 0 Å². The van der Waals surface area contributed by atoms with E-state index in [-0.39, 0.29) is 17.4 Å². The molecule has 1 heterocycles. The fourth-order valence-corrected chi connectivity index (χ4v) is 3.64. The Morgan fingerprint density at radius 1 is 1.47 bits per heavy atom. The van der Waals surface area contributed by atoms with Crippen molar-refractivity contribution in [1.82, 2.24) is 5.32 Å². The van der Waals surface area contributed by atoms with E-state index in [9.17, 15) is 13.2 Å². The van der Waals surface area contributed by atoms with E-state index in [1.165, 1.54) is 0 Å². The molecule has 1 rings (SSSR count). The number of amides is 1. The van der Waals surface area contributed by atoms with E-state index in [4.69, 9.17) is 5.73 Å². The number of carbonyl (C=O) groups is 1. The number of sulfone groups is 1. The zero-order chi connectivity index (χ0) is 11.9. The lowest BCUT2D eigenvalue weighted by Gasteiger charge is -2.28. The van der Waals surface area contributed by atoms with Crippen molar-refractivity contribution < 1.29 is 13.2 Å². The Bertz CT molecular complexity index is 369. The number of hydrogen-bond donors (Lipinski definition) is 2. The third-order valence-corrected chi connectivity index (χ3v) is 4.41. The van der Waals surface area contributed by atoms with Crippen LogP contribution in [0.1, 0.15) is 27.2 Å². The van der Waals surface area contributed by atoms with Crippen molar-refractivity contribution in [2.24, 2.45) is 5.73 Å². The average Bonchev–Trinajstić information content (AvgIpc) is 2.23. The van der Waals surface area contributed by atoms with E-state index in [0.29, 0.717) is 6.42 Å². The van der Waals surface area contributed by atoms with Crippen LogP contribution in [0.4, 0.5) is 0 Å². The van der Waals surface area contributed by atoms with Crippen LogP contribution in [0.25, 0.3) is 0 Å². The molecule has 0 spiro atoms. The standard InChI is InChI=1S/C9H18N2O3S/c1-8(2,10)7(12)11-9(3)4-5-15(13,14)6-9/h4-6,10H2,1-3H3,(H,11,12). The molecule has 88 valence electrons. The summed E-state index contributed by atoms with van der Waals surface area (Å²) in [6, 6.07) is 0. The molecule has 0 aromatic carbocycles. The van der Waals surface area contributed by atoms with E-state index < -0.39 is 20.9 Å². The zero-order valence-corrected chi connectivity index (χ0v) is 10.1. The van der Waals surface area contributed by atoms with Gasteiger partial charge in [-0.25, -0.2) is 8.42 Å². The van der Waals surface area contributed by atoms with Gasteiger partial charge >= 0.3 is 0 Å². The number of hydrogen-bond acceptors (Lipinski definition) is 4. The van der Waals surface area contributed by atoms with Gasteiger partial charge in [0.15, 0.2) is 9.84 Å². The van der Waals surface area contributed by atoms with Crippen molar-refractivity contribution in [2.45, 2.75) is 38.3 Å². The van der Waals surface area contributed by atoms with Crippen LogP contribution in [0.15, 0.2) is 0 Å². The van der Waals surface area contributed by atoms with Crippen molar-refractivity contribution in [3.63, 3.8) is 0 Å². The van der Waals surface area contributed by atoms with Crippen molar-refractivity contribution in [1.29, 1.82) is 0 Å². The van der Waals surface area contributed by atoms with Gasteiger partial charge in [-0.2, -0.15) is 0 Å². The highest BCUT2D eigenvalue weighted by atomic mass is 32.2. The van der Waals surface area contributed by atoms with Crippen LogP contribution in [0, 0.1) is 0 Å². The van der Waals surface area contributed by atoms with Crippen LogP contribution >= 0.6 is 0 Å². The molecular formula is C9H18N2O3S. The number of nitrogens with two attached hydrogens (primary N) is 1. The first kappa shape index (κ1) is 12.4. The van der Waals surface area contributed by atoms with E-state index in [1.54, 1.807) is 20.8 Å². The lowest BCUT2D eigenvalue weighted by atomic mass is 9.98. The van der Waals surface area contributed by atoms with E-state index in [0.717, 1.165) is 0 Å². The number of rotatable bonds is 2. The van der Waals surface area contributed by atoms with Crippen LogP contribution < -0.4 is 11.1 Å². The summed E-state index contributed by atoms with van der Waals surface area (Å²) in [5.41, 5.74) is 3.99. The summed E-state index contributed by atoms with van der Waals surface area (Å²) >= 11 is 0. The minimum atomic E-state index is -3.00. The molecule has 0 bridgehead atoms. The first-order valence-corrected chi connectivity index (χ1v) is 6.68. The van der Waals surface area contributed by atoms with Crippen molar-refractivity contribution in [2.75, 3.05) is 11.5 Å². The second kappa shape index (κ2) is 3.45. The van der Waals surface area contributed by atoms with Crippen molar-refractivity contribution in [3.05, 3.63) is 0 Å². The second-order valence-electron chi connectivity index (χ2n) is 5.08. The number of carbonyl (C=O) groups excluding carboxylic acids is 1. The van der Waals surface area contributed by atoms with Gasteiger partial charge in [0.1, 0.15) is 0 Å². The molecule has 1 fully saturated rings. The molecule has 1 unspecified atom stereocenters.